The van der Waals surface area contributed by atoms with Crippen molar-refractivity contribution in [3.8, 4) is 12.8 Å². The first-order chi connectivity index (χ1) is 7.68. The number of pyridine rings is 1. The van der Waals surface area contributed by atoms with Crippen molar-refractivity contribution in [3.05, 3.63) is 23.5 Å². The Morgan fingerprint density at radius 2 is 2.00 bits per heavy atom. The standard InChI is InChI=1S/C11H14N2O.C2H2/c1-8-5-6-10(9(2)12-8)13-7-3-4-11(13)14;1-2/h5-6H,3-4,7H2,1-2H3;1-2H. The van der Waals surface area contributed by atoms with Crippen LogP contribution in [0.4, 0.5) is 5.69 Å². The van der Waals surface area contributed by atoms with E-state index in [9.17, 15) is 4.79 Å². The third-order valence-corrected chi connectivity index (χ3v) is 2.56. The highest BCUT2D eigenvalue weighted by Gasteiger charge is 2.23. The molecule has 2 rings (SSSR count). The summed E-state index contributed by atoms with van der Waals surface area (Å²) in [6.45, 7) is 4.75. The Bertz CT molecular complexity index is 410. The van der Waals surface area contributed by atoms with Crippen molar-refractivity contribution in [1.29, 1.82) is 0 Å². The molecule has 0 spiro atoms. The van der Waals surface area contributed by atoms with Crippen LogP contribution in [-0.4, -0.2) is 17.4 Å². The lowest BCUT2D eigenvalue weighted by Crippen LogP contribution is -2.24. The summed E-state index contributed by atoms with van der Waals surface area (Å²) in [5.41, 5.74) is 2.91. The van der Waals surface area contributed by atoms with E-state index < -0.39 is 0 Å². The SMILES string of the molecule is C#C.Cc1ccc(N2CCCC2=O)c(C)n1. The minimum absolute atomic E-state index is 0.221. The lowest BCUT2D eigenvalue weighted by atomic mass is 10.2. The largest absolute Gasteiger partial charge is 0.311 e. The van der Waals surface area contributed by atoms with Gasteiger partial charge in [0.1, 0.15) is 0 Å². The number of aryl methyl sites for hydroxylation is 2. The summed E-state index contributed by atoms with van der Waals surface area (Å²) >= 11 is 0. The highest BCUT2D eigenvalue weighted by Crippen LogP contribution is 2.23. The van der Waals surface area contributed by atoms with Crippen LogP contribution in [0.15, 0.2) is 12.1 Å². The highest BCUT2D eigenvalue weighted by molar-refractivity contribution is 5.95. The maximum atomic E-state index is 11.5. The van der Waals surface area contributed by atoms with E-state index in [0.29, 0.717) is 6.42 Å². The second kappa shape index (κ2) is 5.32. The van der Waals surface area contributed by atoms with Crippen LogP contribution >= 0.6 is 0 Å². The molecule has 84 valence electrons. The molecule has 16 heavy (non-hydrogen) atoms. The molecule has 1 saturated heterocycles. The summed E-state index contributed by atoms with van der Waals surface area (Å²) < 4.78 is 0. The Hall–Kier alpha value is -1.82. The third-order valence-electron chi connectivity index (χ3n) is 2.56. The summed E-state index contributed by atoms with van der Waals surface area (Å²) in [5.74, 6) is 0.221. The zero-order chi connectivity index (χ0) is 12.1. The molecule has 0 aromatic carbocycles. The minimum atomic E-state index is 0.221. The Morgan fingerprint density at radius 3 is 2.50 bits per heavy atom. The van der Waals surface area contributed by atoms with Gasteiger partial charge in [0.25, 0.3) is 0 Å². The summed E-state index contributed by atoms with van der Waals surface area (Å²) in [6.07, 6.45) is 9.64. The fourth-order valence-corrected chi connectivity index (χ4v) is 1.87. The second-order valence-electron chi connectivity index (χ2n) is 3.71. The molecule has 3 heteroatoms. The smallest absolute Gasteiger partial charge is 0.227 e. The van der Waals surface area contributed by atoms with E-state index in [1.54, 1.807) is 0 Å². The molecule has 1 aliphatic rings. The fraction of sp³-hybridized carbons (Fsp3) is 0.385. The number of rotatable bonds is 1. The third kappa shape index (κ3) is 2.40. The van der Waals surface area contributed by atoms with Gasteiger partial charge in [-0.3, -0.25) is 9.78 Å². The quantitative estimate of drug-likeness (QED) is 0.673. The van der Waals surface area contributed by atoms with Gasteiger partial charge >= 0.3 is 0 Å². The second-order valence-corrected chi connectivity index (χ2v) is 3.71. The van der Waals surface area contributed by atoms with Crippen molar-refractivity contribution in [3.63, 3.8) is 0 Å². The van der Waals surface area contributed by atoms with E-state index in [1.807, 2.05) is 30.9 Å². The Labute approximate surface area is 96.5 Å². The van der Waals surface area contributed by atoms with Crippen molar-refractivity contribution >= 4 is 11.6 Å². The number of carbonyl (C=O) groups is 1. The molecule has 1 aliphatic heterocycles. The molecule has 1 fully saturated rings. The van der Waals surface area contributed by atoms with E-state index in [4.69, 9.17) is 0 Å². The average molecular weight is 216 g/mol. The number of carbonyl (C=O) groups excluding carboxylic acids is 1. The van der Waals surface area contributed by atoms with Gasteiger partial charge in [0.2, 0.25) is 5.91 Å². The minimum Gasteiger partial charge on any atom is -0.311 e. The van der Waals surface area contributed by atoms with Crippen LogP contribution in [0.3, 0.4) is 0 Å². The van der Waals surface area contributed by atoms with Gasteiger partial charge in [0, 0.05) is 18.7 Å². The molecule has 3 nitrogen and oxygen atoms in total. The van der Waals surface area contributed by atoms with E-state index in [-0.39, 0.29) is 5.91 Å². The summed E-state index contributed by atoms with van der Waals surface area (Å²) in [5, 5.41) is 0. The summed E-state index contributed by atoms with van der Waals surface area (Å²) in [4.78, 5) is 17.7. The molecule has 1 aromatic rings. The molecule has 0 N–H and O–H groups in total. The first-order valence-electron chi connectivity index (χ1n) is 5.26. The van der Waals surface area contributed by atoms with Crippen molar-refractivity contribution in [2.75, 3.05) is 11.4 Å². The van der Waals surface area contributed by atoms with Gasteiger partial charge in [-0.15, -0.1) is 12.8 Å². The Balaban J connectivity index is 0.000000606. The number of aromatic nitrogens is 1. The summed E-state index contributed by atoms with van der Waals surface area (Å²) in [7, 11) is 0. The van der Waals surface area contributed by atoms with Crippen LogP contribution in [0.1, 0.15) is 24.2 Å². The number of anilines is 1. The van der Waals surface area contributed by atoms with E-state index in [1.165, 1.54) is 0 Å². The average Bonchev–Trinajstić information content (AvgIpc) is 2.68. The van der Waals surface area contributed by atoms with Gasteiger partial charge in [-0.05, 0) is 32.4 Å². The summed E-state index contributed by atoms with van der Waals surface area (Å²) in [6, 6.07) is 3.94. The number of hydrogen-bond acceptors (Lipinski definition) is 2. The number of terminal acetylenes is 1. The van der Waals surface area contributed by atoms with Crippen molar-refractivity contribution in [2.45, 2.75) is 26.7 Å². The monoisotopic (exact) mass is 216 g/mol. The predicted octanol–water partition coefficient (Wildman–Crippen LogP) is 2.07. The molecule has 0 saturated carbocycles. The number of hydrogen-bond donors (Lipinski definition) is 0. The van der Waals surface area contributed by atoms with Crippen LogP contribution in [0.2, 0.25) is 0 Å². The van der Waals surface area contributed by atoms with E-state index in [0.717, 1.165) is 30.0 Å². The van der Waals surface area contributed by atoms with Crippen molar-refractivity contribution in [1.82, 2.24) is 4.98 Å². The lowest BCUT2D eigenvalue weighted by molar-refractivity contribution is -0.117. The first kappa shape index (κ1) is 12.3. The molecular weight excluding hydrogens is 200 g/mol. The molecule has 1 amide bonds. The highest BCUT2D eigenvalue weighted by atomic mass is 16.2. The van der Waals surface area contributed by atoms with Crippen LogP contribution < -0.4 is 4.90 Å². The van der Waals surface area contributed by atoms with Crippen molar-refractivity contribution < 1.29 is 4.79 Å². The zero-order valence-electron chi connectivity index (χ0n) is 9.73. The number of amides is 1. The molecule has 1 aromatic heterocycles. The van der Waals surface area contributed by atoms with Gasteiger partial charge in [-0.1, -0.05) is 0 Å². The van der Waals surface area contributed by atoms with Gasteiger partial charge in [0.05, 0.1) is 11.4 Å². The van der Waals surface area contributed by atoms with Gasteiger partial charge < -0.3 is 4.90 Å². The van der Waals surface area contributed by atoms with E-state index in [2.05, 4.69) is 17.8 Å². The molecule has 0 aliphatic carbocycles. The topological polar surface area (TPSA) is 33.2 Å². The van der Waals surface area contributed by atoms with Gasteiger partial charge in [-0.2, -0.15) is 0 Å². The maximum Gasteiger partial charge on any atom is 0.227 e. The normalized spacial score (nSPS) is 14.5. The molecule has 2 heterocycles. The zero-order valence-corrected chi connectivity index (χ0v) is 9.73. The first-order valence-corrected chi connectivity index (χ1v) is 5.26. The molecular formula is C13H16N2O. The Morgan fingerprint density at radius 1 is 1.31 bits per heavy atom. The van der Waals surface area contributed by atoms with Gasteiger partial charge in [0.15, 0.2) is 0 Å². The van der Waals surface area contributed by atoms with Crippen LogP contribution in [0.5, 0.6) is 0 Å². The van der Waals surface area contributed by atoms with Gasteiger partial charge in [-0.25, -0.2) is 0 Å². The van der Waals surface area contributed by atoms with Crippen LogP contribution in [0, 0.1) is 26.7 Å². The lowest BCUT2D eigenvalue weighted by Gasteiger charge is -2.17. The molecule has 0 atom stereocenters. The van der Waals surface area contributed by atoms with Crippen LogP contribution in [0.25, 0.3) is 0 Å². The fourth-order valence-electron chi connectivity index (χ4n) is 1.87. The van der Waals surface area contributed by atoms with Crippen molar-refractivity contribution in [2.24, 2.45) is 0 Å². The maximum absolute atomic E-state index is 11.5. The number of nitrogens with zero attached hydrogens (tertiary/aromatic N) is 2. The molecule has 0 unspecified atom stereocenters. The molecule has 0 radical (unpaired) electrons. The Kier molecular flexibility index (Phi) is 4.07. The van der Waals surface area contributed by atoms with Crippen LogP contribution in [-0.2, 0) is 4.79 Å². The molecule has 0 bridgehead atoms. The predicted molar refractivity (Wildman–Crippen MR) is 65.2 cm³/mol. The van der Waals surface area contributed by atoms with E-state index >= 15 is 0 Å².